The maximum atomic E-state index is 12.1. The van der Waals surface area contributed by atoms with Crippen molar-refractivity contribution in [3.05, 3.63) is 12.2 Å². The molecule has 2 amide bonds. The second kappa shape index (κ2) is 32.8. The van der Waals surface area contributed by atoms with Crippen LogP contribution >= 0.6 is 0 Å². The Hall–Kier alpha value is -1.07. The molecule has 0 saturated heterocycles. The van der Waals surface area contributed by atoms with Gasteiger partial charge in [0.2, 0.25) is 0 Å². The van der Waals surface area contributed by atoms with Gasteiger partial charge in [0, 0.05) is 6.54 Å². The highest BCUT2D eigenvalue weighted by Gasteiger charge is 2.27. The Morgan fingerprint density at radius 2 is 0.952 bits per heavy atom. The van der Waals surface area contributed by atoms with Gasteiger partial charge in [0.15, 0.2) is 0 Å². The Bertz CT molecular complexity index is 583. The fourth-order valence-electron chi connectivity index (χ4n) is 5.96. The number of amides is 2. The molecule has 0 aromatic carbocycles. The first kappa shape index (κ1) is 40.9. The van der Waals surface area contributed by atoms with Gasteiger partial charge in [0.25, 0.3) is 0 Å². The highest BCUT2D eigenvalue weighted by Crippen LogP contribution is 2.17. The average Bonchev–Trinajstić information content (AvgIpc) is 2.98. The first-order valence-corrected chi connectivity index (χ1v) is 18.6. The molecule has 2 unspecified atom stereocenters. The number of hydrogen-bond donors (Lipinski definition) is 3. The summed E-state index contributed by atoms with van der Waals surface area (Å²) in [5, 5.41) is 20.7. The van der Waals surface area contributed by atoms with Crippen molar-refractivity contribution < 1.29 is 15.0 Å². The summed E-state index contributed by atoms with van der Waals surface area (Å²) >= 11 is 0. The number of hydrogen-bond acceptors (Lipinski definition) is 3. The topological polar surface area (TPSA) is 86.8 Å². The van der Waals surface area contributed by atoms with Crippen molar-refractivity contribution in [3.8, 4) is 0 Å². The van der Waals surface area contributed by atoms with E-state index in [0.29, 0.717) is 13.0 Å². The number of rotatable bonds is 33. The Morgan fingerprint density at radius 1 is 0.595 bits per heavy atom. The molecule has 0 aromatic heterocycles. The molecule has 0 heterocycles. The largest absolute Gasteiger partial charge is 0.394 e. The summed E-state index contributed by atoms with van der Waals surface area (Å²) in [5.41, 5.74) is 5.65. The lowest BCUT2D eigenvalue weighted by Crippen LogP contribution is -2.51. The predicted octanol–water partition coefficient (Wildman–Crippen LogP) is 10.6. The molecule has 4 N–H and O–H groups in total. The van der Waals surface area contributed by atoms with Crippen LogP contribution in [-0.2, 0) is 0 Å². The third kappa shape index (κ3) is 26.5. The predicted molar refractivity (Wildman–Crippen MR) is 183 cm³/mol. The van der Waals surface area contributed by atoms with Gasteiger partial charge >= 0.3 is 6.03 Å². The van der Waals surface area contributed by atoms with Crippen molar-refractivity contribution in [2.75, 3.05) is 13.2 Å². The van der Waals surface area contributed by atoms with Crippen molar-refractivity contribution >= 4 is 6.03 Å². The van der Waals surface area contributed by atoms with Crippen LogP contribution in [0.5, 0.6) is 0 Å². The lowest BCUT2D eigenvalue weighted by Gasteiger charge is -2.32. The standard InChI is InChI=1S/C37H74N2O3/c1-3-5-7-9-11-13-15-17-18-19-21-23-25-27-29-31-33-39(37(38)42)35(34-40)36(41)32-30-28-26-24-22-20-16-14-12-10-8-6-4-2/h17-18,35-36,40-41H,3-16,19-34H2,1-2H3,(H2,38,42). The molecule has 5 nitrogen and oxygen atoms in total. The van der Waals surface area contributed by atoms with Gasteiger partial charge in [-0.05, 0) is 38.5 Å². The Morgan fingerprint density at radius 3 is 1.33 bits per heavy atom. The number of carbonyl (C=O) groups is 1. The molecular weight excluding hydrogens is 520 g/mol. The van der Waals surface area contributed by atoms with Crippen LogP contribution in [0.15, 0.2) is 12.2 Å². The van der Waals surface area contributed by atoms with Gasteiger partial charge in [-0.1, -0.05) is 167 Å². The summed E-state index contributed by atoms with van der Waals surface area (Å²) in [4.78, 5) is 13.6. The zero-order valence-corrected chi connectivity index (χ0v) is 28.3. The number of urea groups is 1. The number of primary amides is 1. The van der Waals surface area contributed by atoms with E-state index in [4.69, 9.17) is 5.73 Å². The molecule has 0 aromatic rings. The van der Waals surface area contributed by atoms with Crippen LogP contribution in [0.1, 0.15) is 194 Å². The summed E-state index contributed by atoms with van der Waals surface area (Å²) < 4.78 is 0. The SMILES string of the molecule is CCCCCCCCC=CCCCCCCCCN(C(N)=O)C(CO)C(O)CCCCCCCCCCCCCCC. The zero-order valence-electron chi connectivity index (χ0n) is 28.3. The first-order chi connectivity index (χ1) is 20.6. The highest BCUT2D eigenvalue weighted by atomic mass is 16.3. The monoisotopic (exact) mass is 595 g/mol. The molecule has 5 heteroatoms. The van der Waals surface area contributed by atoms with Crippen molar-refractivity contribution in [2.45, 2.75) is 206 Å². The summed E-state index contributed by atoms with van der Waals surface area (Å²) in [6, 6.07) is -1.13. The third-order valence-electron chi connectivity index (χ3n) is 8.83. The molecule has 42 heavy (non-hydrogen) atoms. The van der Waals surface area contributed by atoms with Gasteiger partial charge in [-0.3, -0.25) is 0 Å². The number of allylic oxidation sites excluding steroid dienone is 2. The molecule has 0 spiro atoms. The van der Waals surface area contributed by atoms with Gasteiger partial charge < -0.3 is 20.8 Å². The van der Waals surface area contributed by atoms with E-state index >= 15 is 0 Å². The van der Waals surface area contributed by atoms with Crippen LogP contribution in [0.3, 0.4) is 0 Å². The van der Waals surface area contributed by atoms with Crippen LogP contribution < -0.4 is 5.73 Å². The minimum atomic E-state index is -0.718. The number of nitrogens with two attached hydrogens (primary N) is 1. The van der Waals surface area contributed by atoms with E-state index in [2.05, 4.69) is 26.0 Å². The van der Waals surface area contributed by atoms with E-state index < -0.39 is 18.2 Å². The Labute approximate surface area is 262 Å². The highest BCUT2D eigenvalue weighted by molar-refractivity contribution is 5.72. The quantitative estimate of drug-likeness (QED) is 0.0522. The van der Waals surface area contributed by atoms with E-state index in [1.54, 1.807) is 0 Å². The molecule has 2 atom stereocenters. The lowest BCUT2D eigenvalue weighted by atomic mass is 10.0. The van der Waals surface area contributed by atoms with Crippen molar-refractivity contribution in [1.82, 2.24) is 4.90 Å². The van der Waals surface area contributed by atoms with Crippen molar-refractivity contribution in [1.29, 1.82) is 0 Å². The number of unbranched alkanes of at least 4 members (excludes halogenated alkanes) is 24. The summed E-state index contributed by atoms with van der Waals surface area (Å²) in [6.45, 7) is 4.80. The number of aliphatic hydroxyl groups excluding tert-OH is 2. The van der Waals surface area contributed by atoms with Gasteiger partial charge in [-0.25, -0.2) is 4.79 Å². The minimum absolute atomic E-state index is 0.241. The Balaban J connectivity index is 3.83. The van der Waals surface area contributed by atoms with Crippen LogP contribution in [0.25, 0.3) is 0 Å². The van der Waals surface area contributed by atoms with Gasteiger partial charge in [0.05, 0.1) is 18.8 Å². The van der Waals surface area contributed by atoms with E-state index in [-0.39, 0.29) is 6.61 Å². The molecule has 0 rings (SSSR count). The molecule has 0 radical (unpaired) electrons. The molecule has 0 aliphatic rings. The van der Waals surface area contributed by atoms with Gasteiger partial charge in [-0.15, -0.1) is 0 Å². The smallest absolute Gasteiger partial charge is 0.315 e. The van der Waals surface area contributed by atoms with Crippen LogP contribution in [0.2, 0.25) is 0 Å². The van der Waals surface area contributed by atoms with E-state index in [1.165, 1.54) is 146 Å². The summed E-state index contributed by atoms with van der Waals surface area (Å²) in [5.74, 6) is 0. The molecule has 0 aliphatic heterocycles. The fourth-order valence-corrected chi connectivity index (χ4v) is 5.96. The van der Waals surface area contributed by atoms with Gasteiger partial charge in [0.1, 0.15) is 0 Å². The second-order valence-corrected chi connectivity index (χ2v) is 12.8. The molecule has 0 saturated carbocycles. The summed E-state index contributed by atoms with van der Waals surface area (Å²) in [7, 11) is 0. The van der Waals surface area contributed by atoms with Crippen molar-refractivity contribution in [3.63, 3.8) is 0 Å². The molecule has 0 aliphatic carbocycles. The maximum absolute atomic E-state index is 12.1. The first-order valence-electron chi connectivity index (χ1n) is 18.6. The minimum Gasteiger partial charge on any atom is -0.394 e. The normalized spacial score (nSPS) is 13.1. The fraction of sp³-hybridized carbons (Fsp3) is 0.919. The van der Waals surface area contributed by atoms with Crippen LogP contribution in [-0.4, -0.2) is 46.4 Å². The number of nitrogens with zero attached hydrogens (tertiary/aromatic N) is 1. The number of aliphatic hydroxyl groups is 2. The molecule has 250 valence electrons. The average molecular weight is 595 g/mol. The zero-order chi connectivity index (χ0) is 30.9. The van der Waals surface area contributed by atoms with Crippen LogP contribution in [0, 0.1) is 0 Å². The lowest BCUT2D eigenvalue weighted by molar-refractivity contribution is 0.0283. The molecule has 0 bridgehead atoms. The third-order valence-corrected chi connectivity index (χ3v) is 8.83. The molecular formula is C37H74N2O3. The van der Waals surface area contributed by atoms with E-state index in [0.717, 1.165) is 32.1 Å². The van der Waals surface area contributed by atoms with Crippen molar-refractivity contribution in [2.24, 2.45) is 5.73 Å². The van der Waals surface area contributed by atoms with E-state index in [1.807, 2.05) is 0 Å². The van der Waals surface area contributed by atoms with Crippen LogP contribution in [0.4, 0.5) is 4.79 Å². The summed E-state index contributed by atoms with van der Waals surface area (Å²) in [6.07, 6.45) is 38.7. The maximum Gasteiger partial charge on any atom is 0.315 e. The van der Waals surface area contributed by atoms with E-state index in [9.17, 15) is 15.0 Å². The van der Waals surface area contributed by atoms with Gasteiger partial charge in [-0.2, -0.15) is 0 Å². The Kier molecular flexibility index (Phi) is 32.0. The second-order valence-electron chi connectivity index (χ2n) is 12.8. The molecule has 0 fully saturated rings. The number of carbonyl (C=O) groups excluding carboxylic acids is 1.